The van der Waals surface area contributed by atoms with Crippen LogP contribution in [-0.4, -0.2) is 52.8 Å². The maximum absolute atomic E-state index is 12.3. The molecule has 0 unspecified atom stereocenters. The number of ether oxygens (including phenoxy) is 3. The summed E-state index contributed by atoms with van der Waals surface area (Å²) in [5.74, 6) is 1.92. The summed E-state index contributed by atoms with van der Waals surface area (Å²) in [4.78, 5) is 23.4. The molecule has 10 heteroatoms. The van der Waals surface area contributed by atoms with Crippen molar-refractivity contribution < 1.29 is 23.8 Å². The number of nitrogens with one attached hydrogen (secondary N) is 1. The lowest BCUT2D eigenvalue weighted by Gasteiger charge is -2.11. The zero-order valence-electron chi connectivity index (χ0n) is 18.2. The molecule has 2 aromatic carbocycles. The van der Waals surface area contributed by atoms with Gasteiger partial charge in [0.2, 0.25) is 12.7 Å². The highest BCUT2D eigenvalue weighted by molar-refractivity contribution is 7.99. The molecule has 0 atom stereocenters. The van der Waals surface area contributed by atoms with Crippen molar-refractivity contribution in [2.45, 2.75) is 24.5 Å². The number of methoxy groups -OCH3 is 1. The van der Waals surface area contributed by atoms with E-state index in [0.717, 1.165) is 16.9 Å². The first-order chi connectivity index (χ1) is 16.1. The van der Waals surface area contributed by atoms with Crippen molar-refractivity contribution in [2.24, 2.45) is 0 Å². The Morgan fingerprint density at radius 3 is 2.76 bits per heavy atom. The van der Waals surface area contributed by atoms with Crippen molar-refractivity contribution in [1.29, 1.82) is 0 Å². The van der Waals surface area contributed by atoms with Crippen LogP contribution in [0.1, 0.15) is 18.4 Å². The Morgan fingerprint density at radius 2 is 1.94 bits per heavy atom. The van der Waals surface area contributed by atoms with Crippen molar-refractivity contribution >= 4 is 23.6 Å². The van der Waals surface area contributed by atoms with Gasteiger partial charge in [0.25, 0.3) is 0 Å². The third kappa shape index (κ3) is 5.83. The molecule has 0 aliphatic carbocycles. The van der Waals surface area contributed by atoms with E-state index in [-0.39, 0.29) is 30.8 Å². The summed E-state index contributed by atoms with van der Waals surface area (Å²) in [6.07, 6.45) is 0.801. The van der Waals surface area contributed by atoms with E-state index in [0.29, 0.717) is 36.2 Å². The lowest BCUT2D eigenvalue weighted by Crippen LogP contribution is -2.26. The number of thioether (sulfide) groups is 1. The summed E-state index contributed by atoms with van der Waals surface area (Å²) < 4.78 is 17.5. The number of rotatable bonds is 10. The van der Waals surface area contributed by atoms with Gasteiger partial charge in [-0.2, -0.15) is 0 Å². The second-order valence-electron chi connectivity index (χ2n) is 7.26. The molecule has 0 saturated heterocycles. The van der Waals surface area contributed by atoms with Gasteiger partial charge in [0.15, 0.2) is 22.5 Å². The minimum absolute atomic E-state index is 0.135. The average molecular weight is 469 g/mol. The molecule has 0 fully saturated rings. The number of amides is 1. The van der Waals surface area contributed by atoms with E-state index in [1.54, 1.807) is 0 Å². The van der Waals surface area contributed by atoms with Crippen LogP contribution in [0.5, 0.6) is 11.5 Å². The molecule has 33 heavy (non-hydrogen) atoms. The Kier molecular flexibility index (Phi) is 7.46. The first kappa shape index (κ1) is 22.7. The molecular formula is C23H24N4O5S. The van der Waals surface area contributed by atoms with Gasteiger partial charge < -0.3 is 19.5 Å². The number of carbonyl (C=O) groups is 2. The first-order valence-corrected chi connectivity index (χ1v) is 11.5. The van der Waals surface area contributed by atoms with Crippen LogP contribution in [0.25, 0.3) is 11.4 Å². The van der Waals surface area contributed by atoms with Crippen LogP contribution in [0.3, 0.4) is 0 Å². The maximum atomic E-state index is 12.3. The predicted molar refractivity (Wildman–Crippen MR) is 122 cm³/mol. The van der Waals surface area contributed by atoms with Crippen LogP contribution in [0.15, 0.2) is 53.7 Å². The number of esters is 1. The van der Waals surface area contributed by atoms with E-state index in [1.165, 1.54) is 18.9 Å². The van der Waals surface area contributed by atoms with Gasteiger partial charge in [-0.15, -0.1) is 10.2 Å². The van der Waals surface area contributed by atoms with E-state index >= 15 is 0 Å². The summed E-state index contributed by atoms with van der Waals surface area (Å²) >= 11 is 1.31. The quantitative estimate of drug-likeness (QED) is 0.275. The summed E-state index contributed by atoms with van der Waals surface area (Å²) in [5.41, 5.74) is 1.94. The Morgan fingerprint density at radius 1 is 1.12 bits per heavy atom. The molecule has 4 rings (SSSR count). The second-order valence-corrected chi connectivity index (χ2v) is 8.21. The highest BCUT2D eigenvalue weighted by Gasteiger charge is 2.18. The lowest BCUT2D eigenvalue weighted by molar-refractivity contribution is -0.140. The predicted octanol–water partition coefficient (Wildman–Crippen LogP) is 2.88. The normalized spacial score (nSPS) is 11.9. The summed E-state index contributed by atoms with van der Waals surface area (Å²) in [5, 5.41) is 12.2. The number of hydrogen-bond donors (Lipinski definition) is 1. The van der Waals surface area contributed by atoms with Crippen molar-refractivity contribution in [3.8, 4) is 22.9 Å². The third-order valence-corrected chi connectivity index (χ3v) is 5.93. The van der Waals surface area contributed by atoms with Gasteiger partial charge in [-0.25, -0.2) is 0 Å². The van der Waals surface area contributed by atoms with Crippen molar-refractivity contribution in [1.82, 2.24) is 20.1 Å². The standard InChI is InChI=1S/C23H24N4O5S/c1-30-21(29)8-5-11-24-20(28)14-33-23-26-25-22(17-6-3-2-4-7-17)27(23)13-16-9-10-18-19(12-16)32-15-31-18/h2-4,6-7,9-10,12H,5,8,11,13-15H2,1H3,(H,24,28). The Balaban J connectivity index is 1.45. The molecule has 3 aromatic rings. The molecule has 1 aromatic heterocycles. The summed E-state index contributed by atoms with van der Waals surface area (Å²) in [7, 11) is 1.35. The van der Waals surface area contributed by atoms with Gasteiger partial charge in [-0.05, 0) is 24.1 Å². The number of hydrogen-bond acceptors (Lipinski definition) is 8. The molecule has 2 heterocycles. The van der Waals surface area contributed by atoms with Gasteiger partial charge >= 0.3 is 5.97 Å². The Hall–Kier alpha value is -3.53. The van der Waals surface area contributed by atoms with E-state index in [9.17, 15) is 9.59 Å². The fraction of sp³-hybridized carbons (Fsp3) is 0.304. The van der Waals surface area contributed by atoms with Gasteiger partial charge in [0.1, 0.15) is 0 Å². The second kappa shape index (κ2) is 10.9. The van der Waals surface area contributed by atoms with Gasteiger partial charge in [-0.3, -0.25) is 14.2 Å². The van der Waals surface area contributed by atoms with Crippen LogP contribution >= 0.6 is 11.8 Å². The molecule has 1 aliphatic rings. The van der Waals surface area contributed by atoms with E-state index in [4.69, 9.17) is 9.47 Å². The van der Waals surface area contributed by atoms with Crippen LogP contribution in [-0.2, 0) is 20.9 Å². The fourth-order valence-corrected chi connectivity index (χ4v) is 4.07. The summed E-state index contributed by atoms with van der Waals surface area (Å²) in [6.45, 7) is 1.14. The van der Waals surface area contributed by atoms with Crippen LogP contribution in [0.4, 0.5) is 0 Å². The maximum Gasteiger partial charge on any atom is 0.305 e. The monoisotopic (exact) mass is 468 g/mol. The molecule has 0 radical (unpaired) electrons. The van der Waals surface area contributed by atoms with Crippen molar-refractivity contribution in [3.05, 3.63) is 54.1 Å². The number of benzene rings is 2. The zero-order chi connectivity index (χ0) is 23.0. The number of carbonyl (C=O) groups excluding carboxylic acids is 2. The Labute approximate surface area is 195 Å². The molecule has 0 spiro atoms. The highest BCUT2D eigenvalue weighted by Crippen LogP contribution is 2.33. The van der Waals surface area contributed by atoms with Crippen LogP contribution in [0, 0.1) is 0 Å². The molecule has 1 amide bonds. The molecule has 1 N–H and O–H groups in total. The topological polar surface area (TPSA) is 105 Å². The van der Waals surface area contributed by atoms with Gasteiger partial charge in [-0.1, -0.05) is 48.2 Å². The lowest BCUT2D eigenvalue weighted by atomic mass is 10.2. The average Bonchev–Trinajstić information content (AvgIpc) is 3.47. The van der Waals surface area contributed by atoms with E-state index < -0.39 is 0 Å². The summed E-state index contributed by atoms with van der Waals surface area (Å²) in [6, 6.07) is 15.6. The minimum atomic E-state index is -0.288. The van der Waals surface area contributed by atoms with Crippen molar-refractivity contribution in [2.75, 3.05) is 26.2 Å². The largest absolute Gasteiger partial charge is 0.469 e. The Bertz CT molecular complexity index is 1120. The van der Waals surface area contributed by atoms with E-state index in [2.05, 4.69) is 20.3 Å². The SMILES string of the molecule is COC(=O)CCCNC(=O)CSc1nnc(-c2ccccc2)n1Cc1ccc2c(c1)OCO2. The van der Waals surface area contributed by atoms with E-state index in [1.807, 2.05) is 53.1 Å². The molecular weight excluding hydrogens is 444 g/mol. The zero-order valence-corrected chi connectivity index (χ0v) is 19.0. The van der Waals surface area contributed by atoms with Crippen molar-refractivity contribution in [3.63, 3.8) is 0 Å². The first-order valence-electron chi connectivity index (χ1n) is 10.5. The van der Waals surface area contributed by atoms with Crippen LogP contribution < -0.4 is 14.8 Å². The highest BCUT2D eigenvalue weighted by atomic mass is 32.2. The number of fused-ring (bicyclic) bond motifs is 1. The minimum Gasteiger partial charge on any atom is -0.469 e. The van der Waals surface area contributed by atoms with Crippen LogP contribution in [0.2, 0.25) is 0 Å². The van der Waals surface area contributed by atoms with Gasteiger partial charge in [0.05, 0.1) is 19.4 Å². The number of aromatic nitrogens is 3. The molecule has 1 aliphatic heterocycles. The van der Waals surface area contributed by atoms with Gasteiger partial charge in [0, 0.05) is 18.5 Å². The smallest absolute Gasteiger partial charge is 0.305 e. The molecule has 0 bridgehead atoms. The molecule has 9 nitrogen and oxygen atoms in total. The molecule has 172 valence electrons. The third-order valence-electron chi connectivity index (χ3n) is 4.97. The molecule has 0 saturated carbocycles. The number of nitrogens with zero attached hydrogens (tertiary/aromatic N) is 3. The fourth-order valence-electron chi connectivity index (χ4n) is 3.30.